The van der Waals surface area contributed by atoms with Gasteiger partial charge in [0.25, 0.3) is 15.7 Å². The van der Waals surface area contributed by atoms with Crippen LogP contribution >= 0.6 is 11.6 Å². The number of nitro benzene ring substituents is 1. The molecule has 0 radical (unpaired) electrons. The lowest BCUT2D eigenvalue weighted by atomic mass is 10.2. The second-order valence-electron chi connectivity index (χ2n) is 5.26. The number of hydrogen-bond donors (Lipinski definition) is 1. The molecule has 0 saturated carbocycles. The zero-order valence-corrected chi connectivity index (χ0v) is 14.3. The minimum atomic E-state index is -4.24. The Morgan fingerprint density at radius 2 is 2.08 bits per heavy atom. The minimum Gasteiger partial charge on any atom is -0.321 e. The monoisotopic (exact) mass is 382 g/mol. The van der Waals surface area contributed by atoms with Gasteiger partial charge in [-0.2, -0.15) is 0 Å². The van der Waals surface area contributed by atoms with Gasteiger partial charge in [0.2, 0.25) is 5.91 Å². The van der Waals surface area contributed by atoms with Crippen LogP contribution in [0.1, 0.15) is 5.56 Å². The average molecular weight is 383 g/mol. The molecule has 0 fully saturated rings. The third-order valence-corrected chi connectivity index (χ3v) is 5.84. The van der Waals surface area contributed by atoms with E-state index in [1.165, 1.54) is 6.20 Å². The first kappa shape index (κ1) is 17.1. The fraction of sp³-hybridized carbons (Fsp3) is 0.143. The summed E-state index contributed by atoms with van der Waals surface area (Å²) in [5.74, 6) is -0.459. The highest BCUT2D eigenvalue weighted by Crippen LogP contribution is 2.36. The number of hydrogen-bond acceptors (Lipinski definition) is 6. The van der Waals surface area contributed by atoms with E-state index in [9.17, 15) is 23.3 Å². The number of benzene rings is 1. The summed E-state index contributed by atoms with van der Waals surface area (Å²) in [5.41, 5.74) is 0.600. The smallest absolute Gasteiger partial charge is 0.271 e. The Kier molecular flexibility index (Phi) is 4.09. The van der Waals surface area contributed by atoms with Crippen molar-refractivity contribution in [3.63, 3.8) is 0 Å². The first-order valence-electron chi connectivity index (χ1n) is 6.94. The largest absolute Gasteiger partial charge is 0.321 e. The SMILES string of the molecule is Cc1ccnc2c1NC(=O)CN2S(=O)(=O)c1ccc([N+](=O)[O-])cc1Cl. The van der Waals surface area contributed by atoms with Gasteiger partial charge >= 0.3 is 0 Å². The molecule has 1 aliphatic heterocycles. The van der Waals surface area contributed by atoms with E-state index in [1.807, 2.05) is 0 Å². The number of halogens is 1. The van der Waals surface area contributed by atoms with Gasteiger partial charge < -0.3 is 5.32 Å². The van der Waals surface area contributed by atoms with Crippen molar-refractivity contribution < 1.29 is 18.1 Å². The third-order valence-electron chi connectivity index (χ3n) is 3.62. The maximum Gasteiger partial charge on any atom is 0.271 e. The van der Waals surface area contributed by atoms with Crippen LogP contribution in [-0.2, 0) is 14.8 Å². The number of aromatic nitrogens is 1. The molecule has 1 aliphatic rings. The van der Waals surface area contributed by atoms with Gasteiger partial charge in [-0.1, -0.05) is 11.6 Å². The number of sulfonamides is 1. The number of nitrogens with one attached hydrogen (secondary N) is 1. The van der Waals surface area contributed by atoms with E-state index >= 15 is 0 Å². The Labute approximate surface area is 147 Å². The minimum absolute atomic E-state index is 0.0639. The molecule has 1 aromatic carbocycles. The molecule has 11 heteroatoms. The van der Waals surface area contributed by atoms with Gasteiger partial charge in [-0.05, 0) is 24.6 Å². The summed E-state index contributed by atoms with van der Waals surface area (Å²) in [7, 11) is -4.24. The Hall–Kier alpha value is -2.72. The van der Waals surface area contributed by atoms with Gasteiger partial charge in [0.05, 0.1) is 15.6 Å². The van der Waals surface area contributed by atoms with E-state index in [1.54, 1.807) is 13.0 Å². The van der Waals surface area contributed by atoms with Crippen molar-refractivity contribution in [2.45, 2.75) is 11.8 Å². The third kappa shape index (κ3) is 2.89. The number of amides is 1. The number of pyridine rings is 1. The van der Waals surface area contributed by atoms with E-state index in [0.29, 0.717) is 11.3 Å². The highest BCUT2D eigenvalue weighted by atomic mass is 35.5. The number of aryl methyl sites for hydroxylation is 1. The number of fused-ring (bicyclic) bond motifs is 1. The summed E-state index contributed by atoms with van der Waals surface area (Å²) in [4.78, 5) is 25.7. The number of nitrogens with zero attached hydrogens (tertiary/aromatic N) is 3. The van der Waals surface area contributed by atoms with Crippen molar-refractivity contribution in [2.24, 2.45) is 0 Å². The molecule has 1 amide bonds. The molecule has 1 aromatic heterocycles. The van der Waals surface area contributed by atoms with Crippen molar-refractivity contribution in [3.8, 4) is 0 Å². The zero-order valence-electron chi connectivity index (χ0n) is 12.8. The Bertz CT molecular complexity index is 1010. The molecule has 0 aliphatic carbocycles. The lowest BCUT2D eigenvalue weighted by molar-refractivity contribution is -0.384. The Morgan fingerprint density at radius 1 is 1.36 bits per heavy atom. The summed E-state index contributed by atoms with van der Waals surface area (Å²) in [6.07, 6.45) is 1.42. The molecule has 0 unspecified atom stereocenters. The van der Waals surface area contributed by atoms with Crippen molar-refractivity contribution in [1.82, 2.24) is 4.98 Å². The molecule has 9 nitrogen and oxygen atoms in total. The van der Waals surface area contributed by atoms with Crippen LogP contribution in [0.25, 0.3) is 0 Å². The van der Waals surface area contributed by atoms with Gasteiger partial charge in [-0.15, -0.1) is 0 Å². The first-order valence-corrected chi connectivity index (χ1v) is 8.76. The van der Waals surface area contributed by atoms with E-state index in [2.05, 4.69) is 10.3 Å². The number of carbonyl (C=O) groups excluding carboxylic acids is 1. The molecule has 0 atom stereocenters. The molecule has 1 N–H and O–H groups in total. The predicted molar refractivity (Wildman–Crippen MR) is 90.2 cm³/mol. The fourth-order valence-electron chi connectivity index (χ4n) is 2.40. The topological polar surface area (TPSA) is 123 Å². The van der Waals surface area contributed by atoms with E-state index in [-0.39, 0.29) is 21.4 Å². The standard InChI is InChI=1S/C14H11ClN4O5S/c1-8-4-5-16-14-13(8)17-12(20)7-18(14)25(23,24)11-3-2-9(19(21)22)6-10(11)15/h2-6H,7H2,1H3,(H,17,20). The van der Waals surface area contributed by atoms with E-state index in [0.717, 1.165) is 22.5 Å². The van der Waals surface area contributed by atoms with Crippen LogP contribution in [0, 0.1) is 17.0 Å². The molecular weight excluding hydrogens is 372 g/mol. The number of carbonyl (C=O) groups is 1. The molecular formula is C14H11ClN4O5S. The van der Waals surface area contributed by atoms with E-state index < -0.39 is 27.4 Å². The molecule has 0 saturated heterocycles. The van der Waals surface area contributed by atoms with Crippen LogP contribution in [0.4, 0.5) is 17.2 Å². The summed E-state index contributed by atoms with van der Waals surface area (Å²) >= 11 is 5.94. The van der Waals surface area contributed by atoms with Crippen LogP contribution in [0.3, 0.4) is 0 Å². The molecule has 2 aromatic rings. The maximum absolute atomic E-state index is 13.0. The number of rotatable bonds is 3. The number of non-ortho nitro benzene ring substituents is 1. The number of anilines is 2. The second-order valence-corrected chi connectivity index (χ2v) is 7.50. The van der Waals surface area contributed by atoms with Gasteiger partial charge in [0, 0.05) is 18.3 Å². The average Bonchev–Trinajstić information content (AvgIpc) is 2.54. The van der Waals surface area contributed by atoms with Crippen molar-refractivity contribution in [3.05, 3.63) is 51.2 Å². The highest BCUT2D eigenvalue weighted by molar-refractivity contribution is 7.93. The summed E-state index contributed by atoms with van der Waals surface area (Å²) in [6.45, 7) is 1.23. The fourth-order valence-corrected chi connectivity index (χ4v) is 4.31. The molecule has 3 rings (SSSR count). The molecule has 0 spiro atoms. The Morgan fingerprint density at radius 3 is 2.72 bits per heavy atom. The van der Waals surface area contributed by atoms with Crippen molar-refractivity contribution >= 4 is 44.7 Å². The summed E-state index contributed by atoms with van der Waals surface area (Å²) in [6, 6.07) is 4.66. The van der Waals surface area contributed by atoms with E-state index in [4.69, 9.17) is 11.6 Å². The summed E-state index contributed by atoms with van der Waals surface area (Å²) < 4.78 is 26.8. The number of nitro groups is 1. The summed E-state index contributed by atoms with van der Waals surface area (Å²) in [5, 5.41) is 13.1. The van der Waals surface area contributed by atoms with Crippen LogP contribution in [0.5, 0.6) is 0 Å². The maximum atomic E-state index is 13.0. The van der Waals surface area contributed by atoms with Crippen molar-refractivity contribution in [1.29, 1.82) is 0 Å². The molecule has 2 heterocycles. The Balaban J connectivity index is 2.15. The zero-order chi connectivity index (χ0) is 18.4. The van der Waals surface area contributed by atoms with Gasteiger partial charge in [-0.3, -0.25) is 14.9 Å². The normalized spacial score (nSPS) is 14.0. The highest BCUT2D eigenvalue weighted by Gasteiger charge is 2.35. The van der Waals surface area contributed by atoms with Crippen LogP contribution in [0.15, 0.2) is 35.4 Å². The van der Waals surface area contributed by atoms with Gasteiger partial charge in [0.15, 0.2) is 5.82 Å². The second kappa shape index (κ2) is 5.97. The molecule has 130 valence electrons. The van der Waals surface area contributed by atoms with Crippen molar-refractivity contribution in [2.75, 3.05) is 16.2 Å². The quantitative estimate of drug-likeness (QED) is 0.640. The lowest BCUT2D eigenvalue weighted by Gasteiger charge is -2.29. The molecule has 0 bridgehead atoms. The van der Waals surface area contributed by atoms with Gasteiger partial charge in [0.1, 0.15) is 11.4 Å². The predicted octanol–water partition coefficient (Wildman–Crippen LogP) is 2.10. The first-order chi connectivity index (χ1) is 11.7. The van der Waals surface area contributed by atoms with Crippen LogP contribution in [-0.4, -0.2) is 30.8 Å². The van der Waals surface area contributed by atoms with Gasteiger partial charge in [-0.25, -0.2) is 17.7 Å². The van der Waals surface area contributed by atoms with Crippen LogP contribution in [0.2, 0.25) is 5.02 Å². The lowest BCUT2D eigenvalue weighted by Crippen LogP contribution is -2.43. The van der Waals surface area contributed by atoms with Crippen LogP contribution < -0.4 is 9.62 Å². The molecule has 25 heavy (non-hydrogen) atoms.